The highest BCUT2D eigenvalue weighted by Gasteiger charge is 2.54. The summed E-state index contributed by atoms with van der Waals surface area (Å²) in [6.07, 6.45) is 6.07. The van der Waals surface area contributed by atoms with E-state index in [-0.39, 0.29) is 15.8 Å². The van der Waals surface area contributed by atoms with Gasteiger partial charge in [-0.25, -0.2) is 0 Å². The summed E-state index contributed by atoms with van der Waals surface area (Å²) in [6.45, 7) is 10.2. The van der Waals surface area contributed by atoms with Crippen LogP contribution in [-0.4, -0.2) is 22.6 Å². The fraction of sp³-hybridized carbons (Fsp3) is 0.727. The fourth-order valence-corrected chi connectivity index (χ4v) is 16.0. The van der Waals surface area contributed by atoms with E-state index in [0.717, 1.165) is 46.3 Å². The minimum Gasteiger partial charge on any atom is -0.0677 e. The average Bonchev–Trinajstić information content (AvgIpc) is 3.24. The number of hydrogen-bond acceptors (Lipinski definition) is 0. The van der Waals surface area contributed by atoms with E-state index in [1.54, 1.807) is 0 Å². The Hall–Kier alpha value is 0.0800. The van der Waals surface area contributed by atoms with E-state index in [9.17, 15) is 0 Å². The Morgan fingerprint density at radius 1 is 0.583 bits per heavy atom. The lowest BCUT2D eigenvalue weighted by molar-refractivity contribution is 0.365. The van der Waals surface area contributed by atoms with Crippen LogP contribution in [0.5, 0.6) is 0 Å². The van der Waals surface area contributed by atoms with Gasteiger partial charge in [0.05, 0.1) is 0 Å². The van der Waals surface area contributed by atoms with Gasteiger partial charge in [0.25, 0.3) is 0 Å². The molecule has 4 aliphatic rings. The topological polar surface area (TPSA) is 0 Å². The third kappa shape index (κ3) is 2.18. The molecule has 0 N–H and O–H groups in total. The van der Waals surface area contributed by atoms with Crippen molar-refractivity contribution in [1.82, 2.24) is 0 Å². The zero-order chi connectivity index (χ0) is 16.6. The highest BCUT2D eigenvalue weighted by Crippen LogP contribution is 2.70. The van der Waals surface area contributed by atoms with Gasteiger partial charge in [0, 0.05) is 0 Å². The molecule has 0 nitrogen and oxygen atoms in total. The molecule has 9 atom stereocenters. The van der Waals surface area contributed by atoms with Crippen molar-refractivity contribution in [1.29, 1.82) is 0 Å². The average molecular weight is 358 g/mol. The van der Waals surface area contributed by atoms with Crippen LogP contribution in [-0.2, 0) is 0 Å². The second-order valence-corrected chi connectivity index (χ2v) is 14.7. The van der Waals surface area contributed by atoms with Gasteiger partial charge in [-0.2, -0.15) is 0 Å². The van der Waals surface area contributed by atoms with Crippen LogP contribution in [0, 0.1) is 23.7 Å². The molecule has 4 bridgehead atoms. The summed E-state index contributed by atoms with van der Waals surface area (Å²) in [7, 11) is 0.220. The molecule has 24 heavy (non-hydrogen) atoms. The summed E-state index contributed by atoms with van der Waals surface area (Å²) in [6, 6.07) is 9.86. The van der Waals surface area contributed by atoms with E-state index in [2.05, 4.69) is 52.0 Å². The van der Waals surface area contributed by atoms with Crippen LogP contribution in [0.3, 0.4) is 0 Å². The zero-order valence-corrected chi connectivity index (χ0v) is 17.4. The maximum Gasteiger partial charge on any atom is -0.0137 e. The molecule has 4 heterocycles. The van der Waals surface area contributed by atoms with Gasteiger partial charge in [-0.15, -0.1) is 0 Å². The van der Waals surface area contributed by atoms with Crippen LogP contribution in [0.1, 0.15) is 53.4 Å². The third-order valence-electron chi connectivity index (χ3n) is 7.95. The molecule has 4 fully saturated rings. The van der Waals surface area contributed by atoms with E-state index in [1.165, 1.54) is 25.7 Å². The normalized spacial score (nSPS) is 52.3. The van der Waals surface area contributed by atoms with Gasteiger partial charge in [-0.05, 0) is 82.6 Å². The van der Waals surface area contributed by atoms with Crippen LogP contribution < -0.4 is 10.6 Å². The number of rotatable bonds is 2. The third-order valence-corrected chi connectivity index (χ3v) is 15.8. The van der Waals surface area contributed by atoms with Crippen molar-refractivity contribution in [3.05, 3.63) is 24.3 Å². The molecule has 1 aromatic rings. The highest BCUT2D eigenvalue weighted by molar-refractivity contribution is 7.74. The summed E-state index contributed by atoms with van der Waals surface area (Å²) < 4.78 is 0. The Kier molecular flexibility index (Phi) is 3.93. The fourth-order valence-electron chi connectivity index (χ4n) is 6.74. The van der Waals surface area contributed by atoms with Crippen molar-refractivity contribution < 1.29 is 0 Å². The summed E-state index contributed by atoms with van der Waals surface area (Å²) in [5.74, 6) is 3.93. The zero-order valence-electron chi connectivity index (χ0n) is 15.7. The molecule has 0 aliphatic carbocycles. The van der Waals surface area contributed by atoms with Crippen molar-refractivity contribution in [2.45, 2.75) is 76.0 Å². The molecule has 0 saturated carbocycles. The molecule has 0 aromatic heterocycles. The molecule has 5 unspecified atom stereocenters. The molecular weight excluding hydrogens is 326 g/mol. The smallest absolute Gasteiger partial charge is 0.0137 e. The van der Waals surface area contributed by atoms with Gasteiger partial charge in [-0.1, -0.05) is 67.8 Å². The lowest BCUT2D eigenvalue weighted by atomic mass is 9.84. The molecule has 1 aromatic carbocycles. The number of hydrogen-bond donors (Lipinski definition) is 0. The second kappa shape index (κ2) is 5.79. The maximum atomic E-state index is 2.58. The summed E-state index contributed by atoms with van der Waals surface area (Å²) in [5, 5.41) is 3.75. The van der Waals surface area contributed by atoms with Crippen LogP contribution in [0.15, 0.2) is 24.3 Å². The van der Waals surface area contributed by atoms with Gasteiger partial charge in [0.2, 0.25) is 0 Å². The molecule has 5 rings (SSSR count). The largest absolute Gasteiger partial charge is 0.0677 e. The summed E-state index contributed by atoms with van der Waals surface area (Å²) in [5.41, 5.74) is 4.13. The van der Waals surface area contributed by atoms with Gasteiger partial charge in [0.1, 0.15) is 0 Å². The second-order valence-electron chi connectivity index (χ2n) is 9.42. The Bertz CT molecular complexity index is 554. The van der Waals surface area contributed by atoms with Crippen molar-refractivity contribution in [2.24, 2.45) is 23.7 Å². The van der Waals surface area contributed by atoms with E-state index in [0.29, 0.717) is 0 Å². The van der Waals surface area contributed by atoms with E-state index < -0.39 is 0 Å². The minimum atomic E-state index is 0.110. The van der Waals surface area contributed by atoms with Gasteiger partial charge < -0.3 is 0 Å². The Morgan fingerprint density at radius 3 is 1.17 bits per heavy atom. The lowest BCUT2D eigenvalue weighted by Crippen LogP contribution is -2.27. The minimum absolute atomic E-state index is 0.110. The van der Waals surface area contributed by atoms with Crippen molar-refractivity contribution in [2.75, 3.05) is 0 Å². The molecule has 4 aliphatic heterocycles. The summed E-state index contributed by atoms with van der Waals surface area (Å²) in [4.78, 5) is 0. The van der Waals surface area contributed by atoms with Gasteiger partial charge in [-0.3, -0.25) is 0 Å². The maximum absolute atomic E-state index is 2.58. The SMILES string of the molecule is C[C@@H]1CC2[C@H](C)CC1P2c1ccccc1P1C2C[C@H](C)C1C[C@H]2C. The lowest BCUT2D eigenvalue weighted by Gasteiger charge is -2.27. The first-order valence-corrected chi connectivity index (χ1v) is 13.2. The monoisotopic (exact) mass is 358 g/mol. The molecule has 0 radical (unpaired) electrons. The first-order chi connectivity index (χ1) is 11.6. The molecule has 0 spiro atoms. The van der Waals surface area contributed by atoms with Crippen LogP contribution in [0.4, 0.5) is 0 Å². The van der Waals surface area contributed by atoms with Gasteiger partial charge in [0.15, 0.2) is 0 Å². The highest BCUT2D eigenvalue weighted by atomic mass is 31.1. The first kappa shape index (κ1) is 16.3. The van der Waals surface area contributed by atoms with Crippen molar-refractivity contribution in [3.8, 4) is 0 Å². The quantitative estimate of drug-likeness (QED) is 0.610. The predicted molar refractivity (Wildman–Crippen MR) is 110 cm³/mol. The van der Waals surface area contributed by atoms with E-state index >= 15 is 0 Å². The first-order valence-electron chi connectivity index (χ1n) is 10.2. The van der Waals surface area contributed by atoms with E-state index in [4.69, 9.17) is 0 Å². The Balaban J connectivity index is 1.56. The predicted octanol–water partition coefficient (Wildman–Crippen LogP) is 5.53. The molecular formula is C22H32P2. The van der Waals surface area contributed by atoms with Gasteiger partial charge >= 0.3 is 0 Å². The van der Waals surface area contributed by atoms with Crippen LogP contribution in [0.2, 0.25) is 0 Å². The molecule has 130 valence electrons. The standard InChI is InChI=1S/C22H32P2/c1-13-9-20-14(2)10-19(13)23(20)17-7-5-6-8-18(17)24-21-12-16(4)22(24)11-15(21)3/h5-8,13-16,19-22H,9-12H2,1-4H3/t13-,14-,15-,16+,19?,20?,21?,22?,23?,24?/m1/s1. The van der Waals surface area contributed by atoms with Crippen LogP contribution >= 0.6 is 15.8 Å². The van der Waals surface area contributed by atoms with E-state index in [1.807, 2.05) is 10.6 Å². The Morgan fingerprint density at radius 2 is 0.875 bits per heavy atom. The number of fused-ring (bicyclic) bond motifs is 4. The van der Waals surface area contributed by atoms with Crippen molar-refractivity contribution >= 4 is 26.5 Å². The van der Waals surface area contributed by atoms with Crippen LogP contribution in [0.25, 0.3) is 0 Å². The number of benzene rings is 1. The molecule has 0 amide bonds. The summed E-state index contributed by atoms with van der Waals surface area (Å²) >= 11 is 0. The van der Waals surface area contributed by atoms with Crippen molar-refractivity contribution in [3.63, 3.8) is 0 Å². The molecule has 2 heteroatoms. The molecule has 4 saturated heterocycles. The Labute approximate surface area is 150 Å².